The Morgan fingerprint density at radius 3 is 2.88 bits per heavy atom. The van der Waals surface area contributed by atoms with Crippen molar-refractivity contribution in [2.45, 2.75) is 45.1 Å². The van der Waals surface area contributed by atoms with Crippen molar-refractivity contribution in [3.63, 3.8) is 0 Å². The molecule has 0 amide bonds. The molecule has 2 unspecified atom stereocenters. The smallest absolute Gasteiger partial charge is 0.0752 e. The molecule has 0 aromatic carbocycles. The predicted octanol–water partition coefficient (Wildman–Crippen LogP) is 3.81. The van der Waals surface area contributed by atoms with E-state index in [1.165, 1.54) is 32.1 Å². The van der Waals surface area contributed by atoms with E-state index in [1.807, 2.05) is 0 Å². The third-order valence-electron chi connectivity index (χ3n) is 3.53. The zero-order chi connectivity index (χ0) is 12.3. The number of nitrogen functional groups attached to an aromatic ring is 1. The van der Waals surface area contributed by atoms with Gasteiger partial charge < -0.3 is 11.1 Å². The summed E-state index contributed by atoms with van der Waals surface area (Å²) in [7, 11) is 0. The highest BCUT2D eigenvalue weighted by atomic mass is 79.9. The molecule has 1 heterocycles. The second-order valence-electron chi connectivity index (χ2n) is 5.04. The lowest BCUT2D eigenvalue weighted by molar-refractivity contribution is 0.502. The maximum atomic E-state index is 5.95. The molecule has 94 valence electrons. The number of rotatable bonds is 2. The Balaban J connectivity index is 2.05. The molecule has 1 fully saturated rings. The molecule has 1 saturated carbocycles. The first-order valence-corrected chi connectivity index (χ1v) is 7.11. The Morgan fingerprint density at radius 2 is 2.12 bits per heavy atom. The molecule has 0 spiro atoms. The lowest BCUT2D eigenvalue weighted by Gasteiger charge is -2.20. The molecule has 0 aliphatic heterocycles. The van der Waals surface area contributed by atoms with Gasteiger partial charge in [-0.15, -0.1) is 0 Å². The summed E-state index contributed by atoms with van der Waals surface area (Å²) >= 11 is 3.50. The fraction of sp³-hybridized carbons (Fsp3) is 0.615. The number of anilines is 2. The fourth-order valence-corrected chi connectivity index (χ4v) is 2.90. The molecule has 2 rings (SSSR count). The van der Waals surface area contributed by atoms with Crippen LogP contribution in [0.5, 0.6) is 0 Å². The SMILES string of the molecule is CC1CCCC(Nc2c(N)cncc2Br)CC1. The van der Waals surface area contributed by atoms with Gasteiger partial charge in [-0.2, -0.15) is 0 Å². The molecule has 1 aromatic rings. The number of pyridine rings is 1. The molecule has 1 aliphatic carbocycles. The van der Waals surface area contributed by atoms with Gasteiger partial charge in [0.05, 0.1) is 22.0 Å². The van der Waals surface area contributed by atoms with Gasteiger partial charge >= 0.3 is 0 Å². The second kappa shape index (κ2) is 5.71. The van der Waals surface area contributed by atoms with Crippen LogP contribution in [-0.2, 0) is 0 Å². The monoisotopic (exact) mass is 297 g/mol. The summed E-state index contributed by atoms with van der Waals surface area (Å²) in [6.07, 6.45) is 9.92. The topological polar surface area (TPSA) is 50.9 Å². The zero-order valence-electron chi connectivity index (χ0n) is 10.2. The molecule has 3 N–H and O–H groups in total. The molecule has 1 aliphatic rings. The molecular weight excluding hydrogens is 278 g/mol. The first-order chi connectivity index (χ1) is 8.16. The van der Waals surface area contributed by atoms with E-state index >= 15 is 0 Å². The molecule has 17 heavy (non-hydrogen) atoms. The largest absolute Gasteiger partial charge is 0.396 e. The van der Waals surface area contributed by atoms with Gasteiger partial charge in [0.2, 0.25) is 0 Å². The molecule has 0 saturated heterocycles. The van der Waals surface area contributed by atoms with Gasteiger partial charge in [0.15, 0.2) is 0 Å². The van der Waals surface area contributed by atoms with Crippen LogP contribution in [0.4, 0.5) is 11.4 Å². The summed E-state index contributed by atoms with van der Waals surface area (Å²) in [6, 6.07) is 0.543. The normalized spacial score (nSPS) is 25.3. The maximum absolute atomic E-state index is 5.95. The van der Waals surface area contributed by atoms with Crippen LogP contribution in [0.15, 0.2) is 16.9 Å². The van der Waals surface area contributed by atoms with Crippen LogP contribution in [0.3, 0.4) is 0 Å². The lowest BCUT2D eigenvalue weighted by atomic mass is 10.0. The van der Waals surface area contributed by atoms with Crippen molar-refractivity contribution in [1.29, 1.82) is 0 Å². The second-order valence-corrected chi connectivity index (χ2v) is 5.89. The van der Waals surface area contributed by atoms with Gasteiger partial charge in [-0.05, 0) is 41.1 Å². The van der Waals surface area contributed by atoms with Crippen molar-refractivity contribution < 1.29 is 0 Å². The van der Waals surface area contributed by atoms with E-state index in [2.05, 4.69) is 33.2 Å². The van der Waals surface area contributed by atoms with Gasteiger partial charge in [-0.1, -0.05) is 19.8 Å². The number of hydrogen-bond donors (Lipinski definition) is 2. The average Bonchev–Trinajstić information content (AvgIpc) is 2.49. The first-order valence-electron chi connectivity index (χ1n) is 6.32. The van der Waals surface area contributed by atoms with Gasteiger partial charge in [-0.25, -0.2) is 0 Å². The highest BCUT2D eigenvalue weighted by molar-refractivity contribution is 9.10. The van der Waals surface area contributed by atoms with Crippen LogP contribution in [0, 0.1) is 5.92 Å². The van der Waals surface area contributed by atoms with Gasteiger partial charge in [0, 0.05) is 12.2 Å². The van der Waals surface area contributed by atoms with Crippen LogP contribution >= 0.6 is 15.9 Å². The Labute approximate surface area is 111 Å². The Bertz CT molecular complexity index is 361. The minimum Gasteiger partial charge on any atom is -0.396 e. The lowest BCUT2D eigenvalue weighted by Crippen LogP contribution is -2.19. The van der Waals surface area contributed by atoms with Crippen molar-refractivity contribution >= 4 is 27.3 Å². The van der Waals surface area contributed by atoms with E-state index in [-0.39, 0.29) is 0 Å². The molecule has 3 nitrogen and oxygen atoms in total. The number of nitrogens with two attached hydrogens (primary N) is 1. The third-order valence-corrected chi connectivity index (χ3v) is 4.14. The number of hydrogen-bond acceptors (Lipinski definition) is 3. The summed E-state index contributed by atoms with van der Waals surface area (Å²) in [4.78, 5) is 4.06. The van der Waals surface area contributed by atoms with E-state index in [1.54, 1.807) is 12.4 Å². The summed E-state index contributed by atoms with van der Waals surface area (Å²) in [5, 5.41) is 3.57. The zero-order valence-corrected chi connectivity index (χ0v) is 11.8. The van der Waals surface area contributed by atoms with Crippen LogP contribution in [0.25, 0.3) is 0 Å². The van der Waals surface area contributed by atoms with Crippen molar-refractivity contribution in [1.82, 2.24) is 4.98 Å². The van der Waals surface area contributed by atoms with E-state index in [9.17, 15) is 0 Å². The Hall–Kier alpha value is -0.770. The minimum atomic E-state index is 0.543. The molecular formula is C13H20BrN3. The molecule has 2 atom stereocenters. The van der Waals surface area contributed by atoms with Crippen molar-refractivity contribution in [2.24, 2.45) is 5.92 Å². The average molecular weight is 298 g/mol. The van der Waals surface area contributed by atoms with Gasteiger partial charge in [0.1, 0.15) is 0 Å². The van der Waals surface area contributed by atoms with E-state index < -0.39 is 0 Å². The molecule has 4 heteroatoms. The van der Waals surface area contributed by atoms with Crippen molar-refractivity contribution in [2.75, 3.05) is 11.1 Å². The fourth-order valence-electron chi connectivity index (χ4n) is 2.44. The van der Waals surface area contributed by atoms with E-state index in [4.69, 9.17) is 5.73 Å². The summed E-state index contributed by atoms with van der Waals surface area (Å²) in [5.41, 5.74) is 7.67. The van der Waals surface area contributed by atoms with Crippen molar-refractivity contribution in [3.05, 3.63) is 16.9 Å². The van der Waals surface area contributed by atoms with E-state index in [0.717, 1.165) is 21.8 Å². The Kier molecular flexibility index (Phi) is 4.26. The van der Waals surface area contributed by atoms with Crippen LogP contribution in [0.2, 0.25) is 0 Å². The predicted molar refractivity (Wildman–Crippen MR) is 76.0 cm³/mol. The number of nitrogens with zero attached hydrogens (tertiary/aromatic N) is 1. The molecule has 0 bridgehead atoms. The van der Waals surface area contributed by atoms with Crippen LogP contribution in [0.1, 0.15) is 39.0 Å². The summed E-state index contributed by atoms with van der Waals surface area (Å²) in [6.45, 7) is 2.35. The number of aromatic nitrogens is 1. The third kappa shape index (κ3) is 3.35. The standard InChI is InChI=1S/C13H20BrN3/c1-9-3-2-4-10(6-5-9)17-13-11(14)7-16-8-12(13)15/h7-10H,2-6,15H2,1H3,(H,16,17). The minimum absolute atomic E-state index is 0.543. The highest BCUT2D eigenvalue weighted by Gasteiger charge is 2.17. The van der Waals surface area contributed by atoms with Gasteiger partial charge in [-0.3, -0.25) is 4.98 Å². The number of halogens is 1. The first kappa shape index (κ1) is 12.7. The maximum Gasteiger partial charge on any atom is 0.0752 e. The van der Waals surface area contributed by atoms with Crippen LogP contribution < -0.4 is 11.1 Å². The van der Waals surface area contributed by atoms with Crippen molar-refractivity contribution in [3.8, 4) is 0 Å². The molecule has 0 radical (unpaired) electrons. The number of nitrogens with one attached hydrogen (secondary N) is 1. The van der Waals surface area contributed by atoms with E-state index in [0.29, 0.717) is 6.04 Å². The quantitative estimate of drug-likeness (QED) is 0.816. The highest BCUT2D eigenvalue weighted by Crippen LogP contribution is 2.31. The van der Waals surface area contributed by atoms with Crippen LogP contribution in [-0.4, -0.2) is 11.0 Å². The molecule has 1 aromatic heterocycles. The van der Waals surface area contributed by atoms with Gasteiger partial charge in [0.25, 0.3) is 0 Å². The summed E-state index contributed by atoms with van der Waals surface area (Å²) < 4.78 is 0.954. The summed E-state index contributed by atoms with van der Waals surface area (Å²) in [5.74, 6) is 0.861. The Morgan fingerprint density at radius 1 is 1.29 bits per heavy atom.